The molecular formula is C14H19BrFNO2. The van der Waals surface area contributed by atoms with Crippen LogP contribution in [0.3, 0.4) is 0 Å². The molecule has 1 saturated heterocycles. The number of benzene rings is 1. The summed E-state index contributed by atoms with van der Waals surface area (Å²) in [5.74, 6) is 1.11. The zero-order chi connectivity index (χ0) is 13.8. The van der Waals surface area contributed by atoms with E-state index in [4.69, 9.17) is 9.47 Å². The van der Waals surface area contributed by atoms with Gasteiger partial charge in [0, 0.05) is 0 Å². The van der Waals surface area contributed by atoms with Crippen LogP contribution in [0.15, 0.2) is 10.5 Å². The minimum absolute atomic E-state index is 0.200. The third-order valence-electron chi connectivity index (χ3n) is 3.58. The fourth-order valence-electron chi connectivity index (χ4n) is 2.59. The summed E-state index contributed by atoms with van der Waals surface area (Å²) in [6.07, 6.45) is 3.08. The van der Waals surface area contributed by atoms with Crippen LogP contribution in [0, 0.1) is 11.7 Å². The van der Waals surface area contributed by atoms with Crippen LogP contribution in [0.5, 0.6) is 11.5 Å². The van der Waals surface area contributed by atoms with Gasteiger partial charge in [0.2, 0.25) is 0 Å². The van der Waals surface area contributed by atoms with Crippen molar-refractivity contribution in [2.75, 3.05) is 27.3 Å². The molecule has 1 aromatic carbocycles. The minimum atomic E-state index is -0.348. The molecule has 5 heteroatoms. The molecule has 0 bridgehead atoms. The van der Waals surface area contributed by atoms with Gasteiger partial charge in [0.15, 0.2) is 11.6 Å². The molecule has 0 amide bonds. The van der Waals surface area contributed by atoms with Gasteiger partial charge in [0.1, 0.15) is 10.2 Å². The molecule has 0 radical (unpaired) electrons. The Morgan fingerprint density at radius 1 is 1.26 bits per heavy atom. The van der Waals surface area contributed by atoms with E-state index in [1.165, 1.54) is 13.2 Å². The zero-order valence-electron chi connectivity index (χ0n) is 11.3. The maximum atomic E-state index is 14.0. The average Bonchev–Trinajstić information content (AvgIpc) is 2.40. The highest BCUT2D eigenvalue weighted by Crippen LogP contribution is 2.40. The standard InChI is InChI=1S/C14H19BrFNO2/c1-18-13-10(7-9-3-5-17-6-4-9)8-11(16)14(19-2)12(13)15/h8-9,17H,3-7H2,1-2H3. The lowest BCUT2D eigenvalue weighted by Gasteiger charge is -2.24. The SMILES string of the molecule is COc1c(F)cc(CC2CCNCC2)c(OC)c1Br. The second-order valence-corrected chi connectivity index (χ2v) is 5.59. The molecule has 0 saturated carbocycles. The van der Waals surface area contributed by atoms with Crippen molar-refractivity contribution in [2.24, 2.45) is 5.92 Å². The Hall–Kier alpha value is -0.810. The smallest absolute Gasteiger partial charge is 0.172 e. The van der Waals surface area contributed by atoms with Crippen molar-refractivity contribution in [1.29, 1.82) is 0 Å². The van der Waals surface area contributed by atoms with Gasteiger partial charge in [-0.15, -0.1) is 0 Å². The third kappa shape index (κ3) is 3.20. The van der Waals surface area contributed by atoms with Crippen molar-refractivity contribution in [3.05, 3.63) is 21.9 Å². The fraction of sp³-hybridized carbons (Fsp3) is 0.571. The molecule has 1 fully saturated rings. The molecule has 1 aliphatic rings. The van der Waals surface area contributed by atoms with Gasteiger partial charge in [-0.1, -0.05) is 0 Å². The van der Waals surface area contributed by atoms with Crippen LogP contribution in [-0.4, -0.2) is 27.3 Å². The van der Waals surface area contributed by atoms with E-state index in [0.29, 0.717) is 16.1 Å². The first-order chi connectivity index (χ1) is 9.17. The number of hydrogen-bond acceptors (Lipinski definition) is 3. The highest BCUT2D eigenvalue weighted by atomic mass is 79.9. The van der Waals surface area contributed by atoms with Crippen molar-refractivity contribution < 1.29 is 13.9 Å². The first kappa shape index (κ1) is 14.6. The van der Waals surface area contributed by atoms with Crippen molar-refractivity contribution in [2.45, 2.75) is 19.3 Å². The topological polar surface area (TPSA) is 30.5 Å². The zero-order valence-corrected chi connectivity index (χ0v) is 12.8. The van der Waals surface area contributed by atoms with Crippen LogP contribution < -0.4 is 14.8 Å². The van der Waals surface area contributed by atoms with E-state index in [9.17, 15) is 4.39 Å². The normalized spacial score (nSPS) is 16.4. The molecule has 1 aromatic rings. The van der Waals surface area contributed by atoms with Gasteiger partial charge in [0.05, 0.1) is 14.2 Å². The summed E-state index contributed by atoms with van der Waals surface area (Å²) >= 11 is 3.37. The maximum Gasteiger partial charge on any atom is 0.172 e. The number of hydrogen-bond donors (Lipinski definition) is 1. The summed E-state index contributed by atoms with van der Waals surface area (Å²) in [7, 11) is 3.05. The van der Waals surface area contributed by atoms with E-state index in [2.05, 4.69) is 21.2 Å². The van der Waals surface area contributed by atoms with Gasteiger partial charge in [0.25, 0.3) is 0 Å². The van der Waals surface area contributed by atoms with Gasteiger partial charge in [-0.05, 0) is 65.8 Å². The van der Waals surface area contributed by atoms with Crippen LogP contribution in [0.4, 0.5) is 4.39 Å². The Labute approximate surface area is 121 Å². The van der Waals surface area contributed by atoms with Crippen LogP contribution in [-0.2, 0) is 6.42 Å². The molecule has 1 heterocycles. The third-order valence-corrected chi connectivity index (χ3v) is 4.30. The molecule has 0 unspecified atom stereocenters. The molecule has 0 spiro atoms. The molecule has 1 aliphatic heterocycles. The second kappa shape index (κ2) is 6.57. The van der Waals surface area contributed by atoms with Gasteiger partial charge in [-0.2, -0.15) is 0 Å². The lowest BCUT2D eigenvalue weighted by Crippen LogP contribution is -2.28. The van der Waals surface area contributed by atoms with Crippen LogP contribution in [0.1, 0.15) is 18.4 Å². The molecular weight excluding hydrogens is 313 g/mol. The Morgan fingerprint density at radius 2 is 1.89 bits per heavy atom. The van der Waals surface area contributed by atoms with E-state index >= 15 is 0 Å². The first-order valence-electron chi connectivity index (χ1n) is 6.47. The molecule has 106 valence electrons. The van der Waals surface area contributed by atoms with Crippen molar-refractivity contribution in [3.8, 4) is 11.5 Å². The molecule has 1 N–H and O–H groups in total. The van der Waals surface area contributed by atoms with Crippen LogP contribution in [0.2, 0.25) is 0 Å². The minimum Gasteiger partial charge on any atom is -0.495 e. The Bertz CT molecular complexity index is 448. The second-order valence-electron chi connectivity index (χ2n) is 4.80. The number of methoxy groups -OCH3 is 2. The number of halogens is 2. The van der Waals surface area contributed by atoms with Gasteiger partial charge < -0.3 is 14.8 Å². The van der Waals surface area contributed by atoms with E-state index < -0.39 is 0 Å². The summed E-state index contributed by atoms with van der Waals surface area (Å²) in [5, 5.41) is 3.34. The Morgan fingerprint density at radius 3 is 2.47 bits per heavy atom. The summed E-state index contributed by atoms with van der Waals surface area (Å²) in [6, 6.07) is 1.53. The predicted molar refractivity (Wildman–Crippen MR) is 76.5 cm³/mol. The van der Waals surface area contributed by atoms with E-state index in [1.54, 1.807) is 7.11 Å². The van der Waals surface area contributed by atoms with E-state index in [0.717, 1.165) is 37.9 Å². The van der Waals surface area contributed by atoms with Gasteiger partial charge >= 0.3 is 0 Å². The van der Waals surface area contributed by atoms with E-state index in [-0.39, 0.29) is 11.6 Å². The lowest BCUT2D eigenvalue weighted by atomic mass is 9.90. The maximum absolute atomic E-state index is 14.0. The largest absolute Gasteiger partial charge is 0.495 e. The summed E-state index contributed by atoms with van der Waals surface area (Å²) in [5.41, 5.74) is 0.902. The van der Waals surface area contributed by atoms with Crippen LogP contribution >= 0.6 is 15.9 Å². The van der Waals surface area contributed by atoms with Crippen molar-refractivity contribution >= 4 is 15.9 Å². The highest BCUT2D eigenvalue weighted by Gasteiger charge is 2.21. The van der Waals surface area contributed by atoms with Crippen LogP contribution in [0.25, 0.3) is 0 Å². The van der Waals surface area contributed by atoms with Gasteiger partial charge in [-0.3, -0.25) is 0 Å². The summed E-state index contributed by atoms with van der Waals surface area (Å²) in [6.45, 7) is 2.07. The lowest BCUT2D eigenvalue weighted by molar-refractivity contribution is 0.349. The quantitative estimate of drug-likeness (QED) is 0.919. The molecule has 0 aliphatic carbocycles. The first-order valence-corrected chi connectivity index (χ1v) is 7.26. The number of piperidine rings is 1. The number of nitrogens with one attached hydrogen (secondary N) is 1. The van der Waals surface area contributed by atoms with E-state index in [1.807, 2.05) is 0 Å². The summed E-state index contributed by atoms with van der Waals surface area (Å²) < 4.78 is 25.0. The average molecular weight is 332 g/mol. The van der Waals surface area contributed by atoms with Gasteiger partial charge in [-0.25, -0.2) is 4.39 Å². The molecule has 0 aromatic heterocycles. The van der Waals surface area contributed by atoms with Crippen molar-refractivity contribution in [1.82, 2.24) is 5.32 Å². The Kier molecular flexibility index (Phi) is 5.05. The molecule has 0 atom stereocenters. The molecule has 3 nitrogen and oxygen atoms in total. The molecule has 19 heavy (non-hydrogen) atoms. The monoisotopic (exact) mass is 331 g/mol. The number of rotatable bonds is 4. The fourth-order valence-corrected chi connectivity index (χ4v) is 3.36. The predicted octanol–water partition coefficient (Wildman–Crippen LogP) is 3.15. The highest BCUT2D eigenvalue weighted by molar-refractivity contribution is 9.10. The number of ether oxygens (including phenoxy) is 2. The van der Waals surface area contributed by atoms with Crippen molar-refractivity contribution in [3.63, 3.8) is 0 Å². The molecule has 2 rings (SSSR count). The summed E-state index contributed by atoms with van der Waals surface area (Å²) in [4.78, 5) is 0. The Balaban J connectivity index is 2.28.